The van der Waals surface area contributed by atoms with Gasteiger partial charge in [-0.05, 0) is 55.7 Å². The average Bonchev–Trinajstić information content (AvgIpc) is 3.16. The molecule has 0 fully saturated rings. The second-order valence-corrected chi connectivity index (χ2v) is 8.07. The fourth-order valence-electron chi connectivity index (χ4n) is 3.96. The summed E-state index contributed by atoms with van der Waals surface area (Å²) in [6.45, 7) is 7.22. The Kier molecular flexibility index (Phi) is 4.89. The molecule has 4 aromatic heterocycles. The molecule has 8 heteroatoms. The van der Waals surface area contributed by atoms with Gasteiger partial charge < -0.3 is 11.1 Å². The van der Waals surface area contributed by atoms with Crippen LogP contribution < -0.4 is 11.1 Å². The van der Waals surface area contributed by atoms with Crippen LogP contribution in [0.5, 0.6) is 0 Å². The predicted octanol–water partition coefficient (Wildman–Crippen LogP) is 3.94. The minimum atomic E-state index is 0.534. The molecule has 160 valence electrons. The number of aryl methyl sites for hydroxylation is 3. The molecule has 32 heavy (non-hydrogen) atoms. The van der Waals surface area contributed by atoms with Crippen LogP contribution in [0.4, 0.5) is 11.6 Å². The van der Waals surface area contributed by atoms with Crippen LogP contribution in [0.25, 0.3) is 21.9 Å². The Hall–Kier alpha value is -4.07. The predicted molar refractivity (Wildman–Crippen MR) is 126 cm³/mol. The molecule has 0 unspecified atom stereocenters. The topological polar surface area (TPSA) is 107 Å². The molecule has 0 spiro atoms. The molecule has 8 nitrogen and oxygen atoms in total. The summed E-state index contributed by atoms with van der Waals surface area (Å²) in [6.07, 6.45) is 3.49. The number of hydrogen-bond donors (Lipinski definition) is 2. The lowest BCUT2D eigenvalue weighted by atomic mass is 10.1. The van der Waals surface area contributed by atoms with E-state index in [0.717, 1.165) is 44.6 Å². The van der Waals surface area contributed by atoms with Crippen LogP contribution in [-0.4, -0.2) is 29.7 Å². The molecule has 5 rings (SSSR count). The summed E-state index contributed by atoms with van der Waals surface area (Å²) in [5, 5.41) is 10.0. The second kappa shape index (κ2) is 7.88. The van der Waals surface area contributed by atoms with Crippen LogP contribution in [0.1, 0.15) is 28.1 Å². The van der Waals surface area contributed by atoms with Crippen molar-refractivity contribution in [2.75, 3.05) is 11.1 Å². The van der Waals surface area contributed by atoms with E-state index in [0.29, 0.717) is 24.6 Å². The number of aromatic nitrogens is 6. The maximum atomic E-state index is 5.85. The van der Waals surface area contributed by atoms with Gasteiger partial charge in [-0.15, -0.1) is 0 Å². The molecule has 5 aromatic rings. The minimum Gasteiger partial charge on any atom is -0.384 e. The van der Waals surface area contributed by atoms with Crippen molar-refractivity contribution in [3.8, 4) is 0 Å². The summed E-state index contributed by atoms with van der Waals surface area (Å²) < 4.78 is 1.86. The van der Waals surface area contributed by atoms with Crippen molar-refractivity contribution in [2.24, 2.45) is 0 Å². The van der Waals surface area contributed by atoms with Gasteiger partial charge in [-0.2, -0.15) is 5.10 Å². The lowest BCUT2D eigenvalue weighted by Gasteiger charge is -2.12. The van der Waals surface area contributed by atoms with E-state index < -0.39 is 0 Å². The third-order valence-electron chi connectivity index (χ3n) is 5.60. The molecule has 0 aliphatic carbocycles. The molecular formula is C24H24N8. The van der Waals surface area contributed by atoms with E-state index in [1.807, 2.05) is 36.9 Å². The zero-order valence-corrected chi connectivity index (χ0v) is 18.3. The van der Waals surface area contributed by atoms with Gasteiger partial charge in [0.2, 0.25) is 0 Å². The van der Waals surface area contributed by atoms with Crippen LogP contribution in [-0.2, 0) is 13.1 Å². The number of benzene rings is 1. The van der Waals surface area contributed by atoms with Crippen molar-refractivity contribution < 1.29 is 0 Å². The van der Waals surface area contributed by atoms with Crippen molar-refractivity contribution in [1.29, 1.82) is 0 Å². The number of fused-ring (bicyclic) bond motifs is 2. The Morgan fingerprint density at radius 2 is 1.84 bits per heavy atom. The van der Waals surface area contributed by atoms with Gasteiger partial charge in [0, 0.05) is 23.8 Å². The van der Waals surface area contributed by atoms with E-state index in [-0.39, 0.29) is 0 Å². The Balaban J connectivity index is 1.41. The van der Waals surface area contributed by atoms with Crippen LogP contribution >= 0.6 is 0 Å². The van der Waals surface area contributed by atoms with Gasteiger partial charge in [-0.25, -0.2) is 15.0 Å². The van der Waals surface area contributed by atoms with Crippen LogP contribution in [0, 0.1) is 20.8 Å². The Morgan fingerprint density at radius 1 is 1.00 bits per heavy atom. The number of nitrogens with two attached hydrogens (primary N) is 1. The third kappa shape index (κ3) is 3.82. The fourth-order valence-corrected chi connectivity index (χ4v) is 3.96. The van der Waals surface area contributed by atoms with E-state index in [9.17, 15) is 0 Å². The van der Waals surface area contributed by atoms with Gasteiger partial charge in [0.15, 0.2) is 5.65 Å². The maximum Gasteiger partial charge on any atom is 0.186 e. The van der Waals surface area contributed by atoms with E-state index in [2.05, 4.69) is 56.6 Å². The SMILES string of the molecule is Cc1ccc2ccc(Cn3cc4c(NCc5c(C)cc(N)nc5C)ncnc4n3)nc2c1. The smallest absolute Gasteiger partial charge is 0.186 e. The van der Waals surface area contributed by atoms with Gasteiger partial charge in [-0.1, -0.05) is 18.2 Å². The number of anilines is 2. The summed E-state index contributed by atoms with van der Waals surface area (Å²) in [6, 6.07) is 12.3. The van der Waals surface area contributed by atoms with Crippen molar-refractivity contribution in [2.45, 2.75) is 33.9 Å². The zero-order chi connectivity index (χ0) is 22.2. The van der Waals surface area contributed by atoms with Crippen LogP contribution in [0.15, 0.2) is 48.9 Å². The van der Waals surface area contributed by atoms with E-state index in [1.54, 1.807) is 0 Å². The molecule has 0 aliphatic rings. The number of hydrogen-bond acceptors (Lipinski definition) is 7. The number of pyridine rings is 2. The average molecular weight is 425 g/mol. The minimum absolute atomic E-state index is 0.534. The molecule has 0 radical (unpaired) electrons. The summed E-state index contributed by atoms with van der Waals surface area (Å²) >= 11 is 0. The van der Waals surface area contributed by atoms with Gasteiger partial charge in [0.25, 0.3) is 0 Å². The monoisotopic (exact) mass is 424 g/mol. The summed E-state index contributed by atoms with van der Waals surface area (Å²) in [7, 11) is 0. The number of rotatable bonds is 5. The first kappa shape index (κ1) is 19.9. The number of nitrogen functional groups attached to an aromatic ring is 1. The Bertz CT molecular complexity index is 1430. The highest BCUT2D eigenvalue weighted by molar-refractivity contribution is 5.85. The third-order valence-corrected chi connectivity index (χ3v) is 5.60. The molecule has 1 aromatic carbocycles. The molecule has 0 bridgehead atoms. The molecule has 0 amide bonds. The summed E-state index contributed by atoms with van der Waals surface area (Å²) in [5.41, 5.74) is 12.7. The largest absolute Gasteiger partial charge is 0.384 e. The molecule has 0 saturated heterocycles. The van der Waals surface area contributed by atoms with Gasteiger partial charge in [-0.3, -0.25) is 9.67 Å². The Morgan fingerprint density at radius 3 is 2.69 bits per heavy atom. The molecule has 0 saturated carbocycles. The zero-order valence-electron chi connectivity index (χ0n) is 18.3. The van der Waals surface area contributed by atoms with E-state index in [1.165, 1.54) is 11.9 Å². The summed E-state index contributed by atoms with van der Waals surface area (Å²) in [5.74, 6) is 1.27. The lowest BCUT2D eigenvalue weighted by molar-refractivity contribution is 0.681. The first-order chi connectivity index (χ1) is 15.5. The highest BCUT2D eigenvalue weighted by atomic mass is 15.3. The second-order valence-electron chi connectivity index (χ2n) is 8.07. The van der Waals surface area contributed by atoms with E-state index >= 15 is 0 Å². The van der Waals surface area contributed by atoms with Crippen LogP contribution in [0.2, 0.25) is 0 Å². The van der Waals surface area contributed by atoms with Gasteiger partial charge in [0.1, 0.15) is 18.0 Å². The Labute approximate surface area is 185 Å². The normalized spacial score (nSPS) is 11.3. The van der Waals surface area contributed by atoms with Crippen LogP contribution in [0.3, 0.4) is 0 Å². The highest BCUT2D eigenvalue weighted by Crippen LogP contribution is 2.22. The van der Waals surface area contributed by atoms with Crippen molar-refractivity contribution in [3.63, 3.8) is 0 Å². The maximum absolute atomic E-state index is 5.85. The summed E-state index contributed by atoms with van der Waals surface area (Å²) in [4.78, 5) is 17.9. The molecule has 4 heterocycles. The van der Waals surface area contributed by atoms with Crippen molar-refractivity contribution >= 4 is 33.6 Å². The lowest BCUT2D eigenvalue weighted by Crippen LogP contribution is -2.08. The number of nitrogens with zero attached hydrogens (tertiary/aromatic N) is 6. The van der Waals surface area contributed by atoms with Crippen molar-refractivity contribution in [3.05, 3.63) is 77.0 Å². The molecule has 3 N–H and O–H groups in total. The first-order valence-corrected chi connectivity index (χ1v) is 10.5. The number of nitrogens with one attached hydrogen (secondary N) is 1. The quantitative estimate of drug-likeness (QED) is 0.440. The molecule has 0 aliphatic heterocycles. The standard InChI is InChI=1S/C24H24N8/c1-14-4-5-17-6-7-18(30-21(17)8-14)11-32-12-20-23(27-13-28-24(20)31-32)26-10-19-15(2)9-22(25)29-16(19)3/h4-9,12-13H,10-11H2,1-3H3,(H2,25,29)(H,26,27,28,31). The first-order valence-electron chi connectivity index (χ1n) is 10.5. The fraction of sp³-hybridized carbons (Fsp3) is 0.208. The molecule has 0 atom stereocenters. The van der Waals surface area contributed by atoms with Gasteiger partial charge in [0.05, 0.1) is 23.1 Å². The molecular weight excluding hydrogens is 400 g/mol. The van der Waals surface area contributed by atoms with Crippen molar-refractivity contribution in [1.82, 2.24) is 29.7 Å². The van der Waals surface area contributed by atoms with Gasteiger partial charge >= 0.3 is 0 Å². The highest BCUT2D eigenvalue weighted by Gasteiger charge is 2.11. The van der Waals surface area contributed by atoms with E-state index in [4.69, 9.17) is 10.7 Å².